The fourth-order valence-electron chi connectivity index (χ4n) is 3.00. The first-order valence-corrected chi connectivity index (χ1v) is 7.50. The van der Waals surface area contributed by atoms with Crippen LogP contribution in [0.25, 0.3) is 0 Å². The van der Waals surface area contributed by atoms with Crippen molar-refractivity contribution >= 4 is 17.5 Å². The van der Waals surface area contributed by atoms with Crippen LogP contribution in [0.15, 0.2) is 24.3 Å². The lowest BCUT2D eigenvalue weighted by Crippen LogP contribution is -2.44. The molecule has 1 aromatic rings. The molecule has 2 aliphatic heterocycles. The minimum atomic E-state index is -0.282. The summed E-state index contributed by atoms with van der Waals surface area (Å²) in [6.07, 6.45) is 0.258. The molecular weight excluding hydrogens is 284 g/mol. The highest BCUT2D eigenvalue weighted by Crippen LogP contribution is 2.33. The number of nitrogens with zero attached hydrogens (tertiary/aromatic N) is 2. The van der Waals surface area contributed by atoms with E-state index < -0.39 is 0 Å². The van der Waals surface area contributed by atoms with Gasteiger partial charge in [0.2, 0.25) is 11.8 Å². The van der Waals surface area contributed by atoms with Crippen LogP contribution in [0.1, 0.15) is 6.42 Å². The maximum atomic E-state index is 12.5. The molecule has 2 fully saturated rings. The summed E-state index contributed by atoms with van der Waals surface area (Å²) in [5, 5.41) is 0. The molecular formula is C16H20N2O4. The van der Waals surface area contributed by atoms with E-state index >= 15 is 0 Å². The molecule has 0 N–H and O–H groups in total. The van der Waals surface area contributed by atoms with E-state index in [9.17, 15) is 9.59 Å². The molecule has 0 radical (unpaired) electrons. The highest BCUT2D eigenvalue weighted by atomic mass is 16.5. The van der Waals surface area contributed by atoms with Gasteiger partial charge in [0.1, 0.15) is 5.75 Å². The number of hydrogen-bond acceptors (Lipinski definition) is 4. The van der Waals surface area contributed by atoms with Crippen molar-refractivity contribution in [3.63, 3.8) is 0 Å². The van der Waals surface area contributed by atoms with Gasteiger partial charge < -0.3 is 19.3 Å². The predicted molar refractivity (Wildman–Crippen MR) is 80.9 cm³/mol. The average molecular weight is 304 g/mol. The largest absolute Gasteiger partial charge is 0.495 e. The second-order valence-corrected chi connectivity index (χ2v) is 5.51. The molecule has 6 heteroatoms. The Bertz CT molecular complexity index is 569. The molecule has 2 amide bonds. The van der Waals surface area contributed by atoms with E-state index in [0.29, 0.717) is 38.6 Å². The van der Waals surface area contributed by atoms with E-state index in [1.54, 1.807) is 16.9 Å². The normalized spacial score (nSPS) is 22.0. The zero-order chi connectivity index (χ0) is 15.5. The number of ether oxygens (including phenoxy) is 2. The SMILES string of the molecule is COc1ccccc1N1CC(C(=O)N2CCOCC2)CC1=O. The number of para-hydroxylation sites is 2. The lowest BCUT2D eigenvalue weighted by Gasteiger charge is -2.29. The van der Waals surface area contributed by atoms with Gasteiger partial charge in [-0.25, -0.2) is 0 Å². The Kier molecular flexibility index (Phi) is 4.29. The number of carbonyl (C=O) groups is 2. The van der Waals surface area contributed by atoms with Crippen molar-refractivity contribution in [2.45, 2.75) is 6.42 Å². The van der Waals surface area contributed by atoms with E-state index in [-0.39, 0.29) is 24.2 Å². The highest BCUT2D eigenvalue weighted by molar-refractivity contribution is 6.01. The first-order valence-electron chi connectivity index (χ1n) is 7.50. The lowest BCUT2D eigenvalue weighted by molar-refractivity contribution is -0.139. The van der Waals surface area contributed by atoms with Gasteiger partial charge in [-0.3, -0.25) is 9.59 Å². The molecule has 0 bridgehead atoms. The minimum absolute atomic E-state index is 0.0314. The van der Waals surface area contributed by atoms with Crippen molar-refractivity contribution in [1.82, 2.24) is 4.90 Å². The Balaban J connectivity index is 1.74. The quantitative estimate of drug-likeness (QED) is 0.833. The highest BCUT2D eigenvalue weighted by Gasteiger charge is 2.38. The van der Waals surface area contributed by atoms with Crippen LogP contribution in [-0.4, -0.2) is 56.7 Å². The molecule has 2 aliphatic rings. The second-order valence-electron chi connectivity index (χ2n) is 5.51. The summed E-state index contributed by atoms with van der Waals surface area (Å²) in [6, 6.07) is 7.39. The van der Waals surface area contributed by atoms with E-state index in [1.807, 2.05) is 24.3 Å². The summed E-state index contributed by atoms with van der Waals surface area (Å²) in [5.74, 6) is 0.385. The summed E-state index contributed by atoms with van der Waals surface area (Å²) in [6.45, 7) is 2.77. The third-order valence-corrected chi connectivity index (χ3v) is 4.17. The number of benzene rings is 1. The van der Waals surface area contributed by atoms with Crippen molar-refractivity contribution in [3.05, 3.63) is 24.3 Å². The summed E-state index contributed by atoms with van der Waals surface area (Å²) in [4.78, 5) is 28.3. The van der Waals surface area contributed by atoms with Crippen LogP contribution >= 0.6 is 0 Å². The smallest absolute Gasteiger partial charge is 0.228 e. The van der Waals surface area contributed by atoms with Crippen LogP contribution < -0.4 is 9.64 Å². The molecule has 118 valence electrons. The van der Waals surface area contributed by atoms with Crippen molar-refractivity contribution in [3.8, 4) is 5.75 Å². The topological polar surface area (TPSA) is 59.1 Å². The Morgan fingerprint density at radius 1 is 1.27 bits per heavy atom. The fraction of sp³-hybridized carbons (Fsp3) is 0.500. The fourth-order valence-corrected chi connectivity index (χ4v) is 3.00. The van der Waals surface area contributed by atoms with E-state index in [4.69, 9.17) is 9.47 Å². The Morgan fingerprint density at radius 3 is 2.73 bits per heavy atom. The van der Waals surface area contributed by atoms with Crippen LogP contribution in [0.5, 0.6) is 5.75 Å². The molecule has 0 aliphatic carbocycles. The molecule has 0 spiro atoms. The number of morpholine rings is 1. The summed E-state index contributed by atoms with van der Waals surface area (Å²) < 4.78 is 10.6. The first-order chi connectivity index (χ1) is 10.7. The van der Waals surface area contributed by atoms with Crippen LogP contribution in [0.4, 0.5) is 5.69 Å². The van der Waals surface area contributed by atoms with Gasteiger partial charge in [0, 0.05) is 26.1 Å². The summed E-state index contributed by atoms with van der Waals surface area (Å²) in [7, 11) is 1.58. The third kappa shape index (κ3) is 2.78. The molecule has 2 heterocycles. The molecule has 1 atom stereocenters. The number of anilines is 1. The number of rotatable bonds is 3. The average Bonchev–Trinajstić information content (AvgIpc) is 2.96. The molecule has 3 rings (SSSR count). The van der Waals surface area contributed by atoms with Gasteiger partial charge in [-0.05, 0) is 12.1 Å². The van der Waals surface area contributed by atoms with Gasteiger partial charge in [-0.1, -0.05) is 12.1 Å². The van der Waals surface area contributed by atoms with Crippen LogP contribution in [0.2, 0.25) is 0 Å². The van der Waals surface area contributed by atoms with Crippen molar-refractivity contribution in [2.24, 2.45) is 5.92 Å². The van der Waals surface area contributed by atoms with Gasteiger partial charge in [0.25, 0.3) is 0 Å². The molecule has 6 nitrogen and oxygen atoms in total. The minimum Gasteiger partial charge on any atom is -0.495 e. The molecule has 2 saturated heterocycles. The zero-order valence-electron chi connectivity index (χ0n) is 12.7. The van der Waals surface area contributed by atoms with Crippen molar-refractivity contribution in [1.29, 1.82) is 0 Å². The Labute approximate surface area is 129 Å². The Morgan fingerprint density at radius 2 is 2.00 bits per heavy atom. The molecule has 1 unspecified atom stereocenters. The molecule has 22 heavy (non-hydrogen) atoms. The van der Waals surface area contributed by atoms with Crippen molar-refractivity contribution in [2.75, 3.05) is 44.9 Å². The van der Waals surface area contributed by atoms with Crippen LogP contribution in [-0.2, 0) is 14.3 Å². The van der Waals surface area contributed by atoms with Gasteiger partial charge >= 0.3 is 0 Å². The second kappa shape index (κ2) is 6.36. The van der Waals surface area contributed by atoms with Crippen LogP contribution in [0.3, 0.4) is 0 Å². The van der Waals surface area contributed by atoms with Crippen LogP contribution in [0, 0.1) is 5.92 Å². The molecule has 0 saturated carbocycles. The summed E-state index contributed by atoms with van der Waals surface area (Å²) in [5.41, 5.74) is 0.729. The first kappa shape index (κ1) is 14.8. The third-order valence-electron chi connectivity index (χ3n) is 4.17. The molecule has 0 aromatic heterocycles. The van der Waals surface area contributed by atoms with Gasteiger partial charge in [0.15, 0.2) is 0 Å². The number of carbonyl (C=O) groups excluding carboxylic acids is 2. The number of amides is 2. The maximum Gasteiger partial charge on any atom is 0.228 e. The number of hydrogen-bond donors (Lipinski definition) is 0. The monoisotopic (exact) mass is 304 g/mol. The zero-order valence-corrected chi connectivity index (χ0v) is 12.7. The molecule has 1 aromatic carbocycles. The van der Waals surface area contributed by atoms with Gasteiger partial charge in [-0.15, -0.1) is 0 Å². The van der Waals surface area contributed by atoms with Gasteiger partial charge in [-0.2, -0.15) is 0 Å². The maximum absolute atomic E-state index is 12.5. The van der Waals surface area contributed by atoms with E-state index in [0.717, 1.165) is 5.69 Å². The standard InChI is InChI=1S/C16H20N2O4/c1-21-14-5-3-2-4-13(14)18-11-12(10-15(18)19)16(20)17-6-8-22-9-7-17/h2-5,12H,6-11H2,1H3. The predicted octanol–water partition coefficient (Wildman–Crippen LogP) is 0.907. The van der Waals surface area contributed by atoms with E-state index in [2.05, 4.69) is 0 Å². The van der Waals surface area contributed by atoms with E-state index in [1.165, 1.54) is 0 Å². The van der Waals surface area contributed by atoms with Gasteiger partial charge in [0.05, 0.1) is 31.9 Å². The summed E-state index contributed by atoms with van der Waals surface area (Å²) >= 11 is 0. The van der Waals surface area contributed by atoms with Crippen molar-refractivity contribution < 1.29 is 19.1 Å². The Hall–Kier alpha value is -2.08. The number of methoxy groups -OCH3 is 1. The lowest BCUT2D eigenvalue weighted by atomic mass is 10.1.